The second-order valence-electron chi connectivity index (χ2n) is 5.23. The van der Waals surface area contributed by atoms with Gasteiger partial charge in [-0.2, -0.15) is 11.8 Å². The highest BCUT2D eigenvalue weighted by molar-refractivity contribution is 7.98. The summed E-state index contributed by atoms with van der Waals surface area (Å²) in [5.41, 5.74) is 5.76. The highest BCUT2D eigenvalue weighted by atomic mass is 32.2. The molecule has 0 aromatic rings. The summed E-state index contributed by atoms with van der Waals surface area (Å²) in [6.45, 7) is 1.49. The lowest BCUT2D eigenvalue weighted by molar-refractivity contribution is -0.127. The molecule has 0 saturated heterocycles. The van der Waals surface area contributed by atoms with Gasteiger partial charge >= 0.3 is 0 Å². The Balaban J connectivity index is 2.14. The van der Waals surface area contributed by atoms with Crippen LogP contribution in [0.15, 0.2) is 0 Å². The van der Waals surface area contributed by atoms with Crippen LogP contribution in [0, 0.1) is 11.8 Å². The largest absolute Gasteiger partial charge is 0.356 e. The number of carbonyl (C=O) groups is 1. The molecule has 1 saturated carbocycles. The van der Waals surface area contributed by atoms with E-state index < -0.39 is 0 Å². The molecule has 0 bridgehead atoms. The molecule has 1 rings (SSSR count). The van der Waals surface area contributed by atoms with E-state index in [-0.39, 0.29) is 11.8 Å². The van der Waals surface area contributed by atoms with E-state index in [4.69, 9.17) is 5.73 Å². The molecule has 0 heterocycles. The number of hydrogen-bond donors (Lipinski definition) is 2. The van der Waals surface area contributed by atoms with Gasteiger partial charge in [0.1, 0.15) is 0 Å². The molecule has 1 fully saturated rings. The van der Waals surface area contributed by atoms with Crippen LogP contribution in [0.2, 0.25) is 0 Å². The molecular formula is C14H28N2OS. The number of carbonyl (C=O) groups excluding carboxylic acids is 1. The Hall–Kier alpha value is -0.220. The summed E-state index contributed by atoms with van der Waals surface area (Å²) in [5.74, 6) is 2.06. The smallest absolute Gasteiger partial charge is 0.223 e. The summed E-state index contributed by atoms with van der Waals surface area (Å²) >= 11 is 1.89. The number of nitrogens with two attached hydrogens (primary N) is 1. The molecule has 2 atom stereocenters. The molecule has 0 aromatic carbocycles. The lowest BCUT2D eigenvalue weighted by Gasteiger charge is -2.29. The molecule has 1 amide bonds. The Morgan fingerprint density at radius 2 is 2.06 bits per heavy atom. The van der Waals surface area contributed by atoms with Crippen LogP contribution in [0.1, 0.15) is 44.9 Å². The highest BCUT2D eigenvalue weighted by Crippen LogP contribution is 2.29. The molecule has 3 nitrogen and oxygen atoms in total. The minimum atomic E-state index is 0.176. The maximum Gasteiger partial charge on any atom is 0.223 e. The predicted molar refractivity (Wildman–Crippen MR) is 79.7 cm³/mol. The number of amides is 1. The molecule has 0 radical (unpaired) electrons. The van der Waals surface area contributed by atoms with Gasteiger partial charge < -0.3 is 11.1 Å². The first kappa shape index (κ1) is 15.8. The van der Waals surface area contributed by atoms with Crippen molar-refractivity contribution >= 4 is 17.7 Å². The van der Waals surface area contributed by atoms with E-state index in [1.807, 2.05) is 11.8 Å². The summed E-state index contributed by atoms with van der Waals surface area (Å²) < 4.78 is 0. The molecule has 3 N–H and O–H groups in total. The molecular weight excluding hydrogens is 244 g/mol. The van der Waals surface area contributed by atoms with Gasteiger partial charge in [-0.25, -0.2) is 0 Å². The van der Waals surface area contributed by atoms with E-state index in [1.54, 1.807) is 0 Å². The van der Waals surface area contributed by atoms with Gasteiger partial charge in [-0.05, 0) is 50.2 Å². The number of nitrogens with one attached hydrogen (secondary N) is 1. The van der Waals surface area contributed by atoms with E-state index in [2.05, 4.69) is 11.6 Å². The maximum atomic E-state index is 12.1. The van der Waals surface area contributed by atoms with Crippen molar-refractivity contribution < 1.29 is 4.79 Å². The van der Waals surface area contributed by atoms with Gasteiger partial charge in [-0.3, -0.25) is 4.79 Å². The van der Waals surface area contributed by atoms with Crippen LogP contribution in [-0.4, -0.2) is 31.0 Å². The van der Waals surface area contributed by atoms with Gasteiger partial charge in [0.25, 0.3) is 0 Å². The zero-order valence-corrected chi connectivity index (χ0v) is 12.4. The average Bonchev–Trinajstić information content (AvgIpc) is 2.42. The molecule has 2 unspecified atom stereocenters. The summed E-state index contributed by atoms with van der Waals surface area (Å²) in [4.78, 5) is 12.1. The lowest BCUT2D eigenvalue weighted by Crippen LogP contribution is -2.39. The summed E-state index contributed by atoms with van der Waals surface area (Å²) in [5, 5.41) is 3.09. The monoisotopic (exact) mass is 272 g/mol. The first-order chi connectivity index (χ1) is 8.79. The minimum absolute atomic E-state index is 0.176. The van der Waals surface area contributed by atoms with Gasteiger partial charge in [0.2, 0.25) is 5.91 Å². The molecule has 0 aliphatic heterocycles. The molecule has 1 aliphatic rings. The molecule has 4 heteroatoms. The second kappa shape index (κ2) is 9.68. The zero-order chi connectivity index (χ0) is 13.2. The Labute approximate surface area is 116 Å². The van der Waals surface area contributed by atoms with Crippen LogP contribution in [0.4, 0.5) is 0 Å². The summed E-state index contributed by atoms with van der Waals surface area (Å²) in [6, 6.07) is 0. The van der Waals surface area contributed by atoms with Crippen molar-refractivity contribution in [3.8, 4) is 0 Å². The Kier molecular flexibility index (Phi) is 8.51. The normalized spacial score (nSPS) is 23.9. The third kappa shape index (κ3) is 5.61. The summed E-state index contributed by atoms with van der Waals surface area (Å²) in [6.07, 6.45) is 10.3. The molecule has 106 valence electrons. The minimum Gasteiger partial charge on any atom is -0.356 e. The van der Waals surface area contributed by atoms with Gasteiger partial charge in [0.05, 0.1) is 0 Å². The van der Waals surface area contributed by atoms with Crippen LogP contribution in [0.5, 0.6) is 0 Å². The van der Waals surface area contributed by atoms with Crippen molar-refractivity contribution in [3.63, 3.8) is 0 Å². The lowest BCUT2D eigenvalue weighted by atomic mass is 9.79. The first-order valence-corrected chi connectivity index (χ1v) is 8.65. The standard InChI is InChI=1S/C14H28N2OS/c1-18-10-6-2-5-9-16-14(17)13-8-4-3-7-12(13)11-15/h12-13H,2-11,15H2,1H3,(H,16,17). The third-order valence-corrected chi connectivity index (χ3v) is 4.57. The summed E-state index contributed by atoms with van der Waals surface area (Å²) in [7, 11) is 0. The Morgan fingerprint density at radius 3 is 2.78 bits per heavy atom. The SMILES string of the molecule is CSCCCCCNC(=O)C1CCCCC1CN. The predicted octanol–water partition coefficient (Wildman–Crippen LogP) is 2.40. The van der Waals surface area contributed by atoms with Gasteiger partial charge in [0.15, 0.2) is 0 Å². The van der Waals surface area contributed by atoms with Crippen LogP contribution in [0.25, 0.3) is 0 Å². The van der Waals surface area contributed by atoms with E-state index >= 15 is 0 Å². The van der Waals surface area contributed by atoms with E-state index in [1.165, 1.54) is 31.4 Å². The van der Waals surface area contributed by atoms with Crippen molar-refractivity contribution in [1.29, 1.82) is 0 Å². The average molecular weight is 272 g/mol. The van der Waals surface area contributed by atoms with Crippen molar-refractivity contribution in [2.45, 2.75) is 44.9 Å². The topological polar surface area (TPSA) is 55.1 Å². The fraction of sp³-hybridized carbons (Fsp3) is 0.929. The fourth-order valence-corrected chi connectivity index (χ4v) is 3.22. The number of unbranched alkanes of at least 4 members (excludes halogenated alkanes) is 2. The molecule has 0 aromatic heterocycles. The van der Waals surface area contributed by atoms with Crippen LogP contribution in [-0.2, 0) is 4.79 Å². The second-order valence-corrected chi connectivity index (χ2v) is 6.22. The number of hydrogen-bond acceptors (Lipinski definition) is 3. The van der Waals surface area contributed by atoms with E-state index in [0.717, 1.165) is 25.8 Å². The van der Waals surface area contributed by atoms with Crippen molar-refractivity contribution in [3.05, 3.63) is 0 Å². The number of rotatable bonds is 8. The molecule has 1 aliphatic carbocycles. The molecule has 0 spiro atoms. The molecule has 18 heavy (non-hydrogen) atoms. The highest BCUT2D eigenvalue weighted by Gasteiger charge is 2.29. The van der Waals surface area contributed by atoms with Crippen molar-refractivity contribution in [2.24, 2.45) is 17.6 Å². The van der Waals surface area contributed by atoms with E-state index in [0.29, 0.717) is 12.5 Å². The first-order valence-electron chi connectivity index (χ1n) is 7.26. The Morgan fingerprint density at radius 1 is 1.28 bits per heavy atom. The van der Waals surface area contributed by atoms with Crippen LogP contribution < -0.4 is 11.1 Å². The third-order valence-electron chi connectivity index (χ3n) is 3.87. The van der Waals surface area contributed by atoms with Gasteiger partial charge in [-0.1, -0.05) is 19.3 Å². The van der Waals surface area contributed by atoms with Gasteiger partial charge in [-0.15, -0.1) is 0 Å². The van der Waals surface area contributed by atoms with E-state index in [9.17, 15) is 4.79 Å². The zero-order valence-electron chi connectivity index (χ0n) is 11.6. The van der Waals surface area contributed by atoms with Crippen molar-refractivity contribution in [2.75, 3.05) is 25.1 Å². The van der Waals surface area contributed by atoms with Crippen molar-refractivity contribution in [1.82, 2.24) is 5.32 Å². The Bertz CT molecular complexity index is 236. The quantitative estimate of drug-likeness (QED) is 0.667. The van der Waals surface area contributed by atoms with Crippen LogP contribution in [0.3, 0.4) is 0 Å². The number of thioether (sulfide) groups is 1. The fourth-order valence-electron chi connectivity index (χ4n) is 2.73. The van der Waals surface area contributed by atoms with Crippen LogP contribution >= 0.6 is 11.8 Å². The maximum absolute atomic E-state index is 12.1. The van der Waals surface area contributed by atoms with Gasteiger partial charge in [0, 0.05) is 12.5 Å².